The zero-order valence-electron chi connectivity index (χ0n) is 8.90. The quantitative estimate of drug-likeness (QED) is 0.492. The van der Waals surface area contributed by atoms with Gasteiger partial charge in [-0.15, -0.1) is 0 Å². The molecule has 0 fully saturated rings. The summed E-state index contributed by atoms with van der Waals surface area (Å²) < 4.78 is 12.8. The number of nitrogens with one attached hydrogen (secondary N) is 1. The van der Waals surface area contributed by atoms with Crippen molar-refractivity contribution in [3.8, 4) is 0 Å². The molecule has 0 aliphatic carbocycles. The number of carbonyl (C=O) groups excluding carboxylic acids is 2. The van der Waals surface area contributed by atoms with E-state index in [4.69, 9.17) is 0 Å². The van der Waals surface area contributed by atoms with Gasteiger partial charge in [0.2, 0.25) is 5.91 Å². The molecule has 0 aliphatic rings. The van der Waals surface area contributed by atoms with Gasteiger partial charge in [-0.2, -0.15) is 0 Å². The number of nitro benzene ring substituents is 1. The average molecular weight is 240 g/mol. The van der Waals surface area contributed by atoms with E-state index < -0.39 is 22.3 Å². The van der Waals surface area contributed by atoms with Crippen LogP contribution in [0.5, 0.6) is 0 Å². The highest BCUT2D eigenvalue weighted by molar-refractivity contribution is 6.04. The van der Waals surface area contributed by atoms with Crippen molar-refractivity contribution in [2.75, 3.05) is 5.32 Å². The van der Waals surface area contributed by atoms with Gasteiger partial charge in [0, 0.05) is 0 Å². The number of anilines is 1. The lowest BCUT2D eigenvalue weighted by atomic mass is 10.2. The molecule has 1 aromatic rings. The third kappa shape index (κ3) is 3.63. The lowest BCUT2D eigenvalue weighted by molar-refractivity contribution is -0.384. The van der Waals surface area contributed by atoms with Crippen LogP contribution >= 0.6 is 0 Å². The first kappa shape index (κ1) is 12.8. The maximum atomic E-state index is 12.8. The number of Topliss-reactive ketones (excluding diaryl/α,β-unsaturated/α-hetero) is 1. The summed E-state index contributed by atoms with van der Waals surface area (Å²) in [6, 6.07) is 2.76. The number of nitro groups is 1. The SMILES string of the molecule is CC(=O)CC(=O)Nc1ccc(F)cc1[N+](=O)[O-]. The number of ketones is 1. The maximum Gasteiger partial charge on any atom is 0.295 e. The maximum absolute atomic E-state index is 12.8. The highest BCUT2D eigenvalue weighted by atomic mass is 19.1. The summed E-state index contributed by atoms with van der Waals surface area (Å²) in [5.41, 5.74) is -0.690. The molecule has 0 aliphatic heterocycles. The first-order valence-corrected chi connectivity index (χ1v) is 4.63. The summed E-state index contributed by atoms with van der Waals surface area (Å²) in [6.07, 6.45) is -0.380. The van der Waals surface area contributed by atoms with Crippen molar-refractivity contribution in [3.63, 3.8) is 0 Å². The Morgan fingerprint density at radius 1 is 1.47 bits per heavy atom. The summed E-state index contributed by atoms with van der Waals surface area (Å²) in [5, 5.41) is 12.8. The van der Waals surface area contributed by atoms with Gasteiger partial charge in [-0.05, 0) is 19.1 Å². The summed E-state index contributed by atoms with van der Waals surface area (Å²) in [6.45, 7) is 1.22. The first-order chi connectivity index (χ1) is 7.90. The molecule has 6 nitrogen and oxygen atoms in total. The van der Waals surface area contributed by atoms with Crippen LogP contribution in [0.2, 0.25) is 0 Å². The number of carbonyl (C=O) groups is 2. The predicted octanol–water partition coefficient (Wildman–Crippen LogP) is 1.65. The Kier molecular flexibility index (Phi) is 3.86. The molecule has 1 N–H and O–H groups in total. The smallest absolute Gasteiger partial charge is 0.295 e. The van der Waals surface area contributed by atoms with Crippen LogP contribution in [0.25, 0.3) is 0 Å². The van der Waals surface area contributed by atoms with E-state index in [0.29, 0.717) is 6.07 Å². The van der Waals surface area contributed by atoms with Gasteiger partial charge in [-0.3, -0.25) is 19.7 Å². The summed E-state index contributed by atoms with van der Waals surface area (Å²) in [7, 11) is 0. The van der Waals surface area contributed by atoms with Crippen LogP contribution in [-0.2, 0) is 9.59 Å². The molecule has 17 heavy (non-hydrogen) atoms. The Labute approximate surface area is 95.6 Å². The van der Waals surface area contributed by atoms with Crippen molar-refractivity contribution >= 4 is 23.1 Å². The second kappa shape index (κ2) is 5.15. The van der Waals surface area contributed by atoms with Gasteiger partial charge in [0.1, 0.15) is 17.3 Å². The number of hydrogen-bond donors (Lipinski definition) is 1. The molecule has 0 bridgehead atoms. The van der Waals surface area contributed by atoms with Gasteiger partial charge in [-0.1, -0.05) is 0 Å². The minimum Gasteiger partial charge on any atom is -0.320 e. The first-order valence-electron chi connectivity index (χ1n) is 4.63. The van der Waals surface area contributed by atoms with Crippen molar-refractivity contribution in [1.82, 2.24) is 0 Å². The van der Waals surface area contributed by atoms with Crippen molar-refractivity contribution in [2.24, 2.45) is 0 Å². The molecule has 0 saturated carbocycles. The third-order valence-corrected chi connectivity index (χ3v) is 1.84. The van der Waals surface area contributed by atoms with Crippen molar-refractivity contribution in [1.29, 1.82) is 0 Å². The van der Waals surface area contributed by atoms with Crippen LogP contribution in [0.4, 0.5) is 15.8 Å². The minimum absolute atomic E-state index is 0.136. The Balaban J connectivity index is 2.94. The molecule has 1 aromatic carbocycles. The fourth-order valence-corrected chi connectivity index (χ4v) is 1.18. The molecule has 0 atom stereocenters. The fraction of sp³-hybridized carbons (Fsp3) is 0.200. The van der Waals surface area contributed by atoms with Gasteiger partial charge >= 0.3 is 0 Å². The fourth-order valence-electron chi connectivity index (χ4n) is 1.18. The van der Waals surface area contributed by atoms with Crippen LogP contribution in [0.15, 0.2) is 18.2 Å². The van der Waals surface area contributed by atoms with Crippen LogP contribution in [-0.4, -0.2) is 16.6 Å². The standard InChI is InChI=1S/C10H9FN2O4/c1-6(14)4-10(15)12-8-3-2-7(11)5-9(8)13(16)17/h2-3,5H,4H2,1H3,(H,12,15). The summed E-state index contributed by atoms with van der Waals surface area (Å²) >= 11 is 0. The highest BCUT2D eigenvalue weighted by Gasteiger charge is 2.17. The number of amides is 1. The molecular weight excluding hydrogens is 231 g/mol. The molecule has 0 saturated heterocycles. The zero-order chi connectivity index (χ0) is 13.0. The van der Waals surface area contributed by atoms with Crippen molar-refractivity contribution in [2.45, 2.75) is 13.3 Å². The van der Waals surface area contributed by atoms with Crippen LogP contribution in [0.3, 0.4) is 0 Å². The Hall–Kier alpha value is -2.31. The van der Waals surface area contributed by atoms with Gasteiger partial charge in [0.25, 0.3) is 5.69 Å². The molecule has 90 valence electrons. The minimum atomic E-state index is -0.813. The average Bonchev–Trinajstić information content (AvgIpc) is 2.19. The topological polar surface area (TPSA) is 89.3 Å². The molecule has 0 heterocycles. The lowest BCUT2D eigenvalue weighted by Crippen LogP contribution is -2.15. The molecule has 0 radical (unpaired) electrons. The highest BCUT2D eigenvalue weighted by Crippen LogP contribution is 2.24. The summed E-state index contributed by atoms with van der Waals surface area (Å²) in [4.78, 5) is 31.7. The van der Waals surface area contributed by atoms with E-state index >= 15 is 0 Å². The molecular formula is C10H9FN2O4. The monoisotopic (exact) mass is 240 g/mol. The van der Waals surface area contributed by atoms with E-state index in [-0.39, 0.29) is 17.9 Å². The number of halogens is 1. The van der Waals surface area contributed by atoms with Gasteiger partial charge < -0.3 is 5.32 Å². The van der Waals surface area contributed by atoms with E-state index in [0.717, 1.165) is 12.1 Å². The van der Waals surface area contributed by atoms with E-state index in [2.05, 4.69) is 5.32 Å². The third-order valence-electron chi connectivity index (χ3n) is 1.84. The molecule has 0 spiro atoms. The number of rotatable bonds is 4. The normalized spacial score (nSPS) is 9.76. The second-order valence-electron chi connectivity index (χ2n) is 3.35. The van der Waals surface area contributed by atoms with E-state index in [9.17, 15) is 24.1 Å². The molecule has 1 amide bonds. The van der Waals surface area contributed by atoms with E-state index in [1.165, 1.54) is 6.92 Å². The molecule has 0 aromatic heterocycles. The number of benzene rings is 1. The Morgan fingerprint density at radius 3 is 2.65 bits per heavy atom. The summed E-state index contributed by atoms with van der Waals surface area (Å²) in [5.74, 6) is -1.82. The van der Waals surface area contributed by atoms with Gasteiger partial charge in [0.15, 0.2) is 0 Å². The van der Waals surface area contributed by atoms with Gasteiger partial charge in [0.05, 0.1) is 17.4 Å². The predicted molar refractivity (Wildman–Crippen MR) is 57.0 cm³/mol. The lowest BCUT2D eigenvalue weighted by Gasteiger charge is -2.04. The van der Waals surface area contributed by atoms with Crippen molar-refractivity contribution < 1.29 is 18.9 Å². The van der Waals surface area contributed by atoms with Crippen LogP contribution < -0.4 is 5.32 Å². The van der Waals surface area contributed by atoms with E-state index in [1.54, 1.807) is 0 Å². The molecule has 0 unspecified atom stereocenters. The number of nitrogens with zero attached hydrogens (tertiary/aromatic N) is 1. The Morgan fingerprint density at radius 2 is 2.12 bits per heavy atom. The Bertz CT molecular complexity index is 487. The van der Waals surface area contributed by atoms with Gasteiger partial charge in [-0.25, -0.2) is 4.39 Å². The second-order valence-corrected chi connectivity index (χ2v) is 3.35. The zero-order valence-corrected chi connectivity index (χ0v) is 8.90. The van der Waals surface area contributed by atoms with Crippen LogP contribution in [0.1, 0.15) is 13.3 Å². The number of hydrogen-bond acceptors (Lipinski definition) is 4. The van der Waals surface area contributed by atoms with Crippen LogP contribution in [0, 0.1) is 15.9 Å². The van der Waals surface area contributed by atoms with Crippen molar-refractivity contribution in [3.05, 3.63) is 34.1 Å². The van der Waals surface area contributed by atoms with E-state index in [1.807, 2.05) is 0 Å². The molecule has 7 heteroatoms. The molecule has 1 rings (SSSR count). The largest absolute Gasteiger partial charge is 0.320 e.